The predicted molar refractivity (Wildman–Crippen MR) is 123 cm³/mol. The lowest BCUT2D eigenvalue weighted by Crippen LogP contribution is -2.10. The van der Waals surface area contributed by atoms with Gasteiger partial charge in [0.1, 0.15) is 6.29 Å². The van der Waals surface area contributed by atoms with E-state index in [2.05, 4.69) is 39.9 Å². The number of rotatable bonds is 8. The minimum absolute atomic E-state index is 0.139. The summed E-state index contributed by atoms with van der Waals surface area (Å²) in [5.41, 5.74) is 4.44. The fourth-order valence-corrected chi connectivity index (χ4v) is 3.01. The third kappa shape index (κ3) is 7.15. The zero-order valence-electron chi connectivity index (χ0n) is 18.8. The molecule has 0 saturated carbocycles. The lowest BCUT2D eigenvalue weighted by molar-refractivity contribution is 0.112. The van der Waals surface area contributed by atoms with Crippen LogP contribution in [0, 0.1) is 6.92 Å². The molecule has 0 fully saturated rings. The van der Waals surface area contributed by atoms with Crippen LogP contribution >= 0.6 is 0 Å². The zero-order chi connectivity index (χ0) is 22.6. The number of aromatic nitrogens is 3. The maximum Gasteiger partial charge on any atom is 0.217 e. The number of carbonyl (C=O) groups is 1. The van der Waals surface area contributed by atoms with E-state index < -0.39 is 0 Å². The molecule has 7 nitrogen and oxygen atoms in total. The van der Waals surface area contributed by atoms with E-state index in [9.17, 15) is 4.79 Å². The van der Waals surface area contributed by atoms with Crippen LogP contribution in [0.5, 0.6) is 0 Å². The topological polar surface area (TPSA) is 92.9 Å². The first kappa shape index (κ1) is 24.0. The first-order valence-corrected chi connectivity index (χ1v) is 10.3. The summed E-state index contributed by atoms with van der Waals surface area (Å²) in [5.74, 6) is 1.47. The Hall–Kier alpha value is -3.32. The van der Waals surface area contributed by atoms with Crippen LogP contribution in [0.2, 0.25) is 0 Å². The maximum atomic E-state index is 11.2. The summed E-state index contributed by atoms with van der Waals surface area (Å²) < 4.78 is 5.12. The van der Waals surface area contributed by atoms with Gasteiger partial charge in [-0.25, -0.2) is 0 Å². The summed E-state index contributed by atoms with van der Waals surface area (Å²) in [6, 6.07) is 13.8. The maximum absolute atomic E-state index is 11.2. The third-order valence-corrected chi connectivity index (χ3v) is 4.74. The molecule has 1 atom stereocenters. The molecular weight excluding hydrogens is 390 g/mol. The van der Waals surface area contributed by atoms with Gasteiger partial charge in [-0.1, -0.05) is 43.3 Å². The SMILES string of the molecule is C/C=C(\NC)c1cc(C=O)cc(C(C)c2ccccc2)n1.CNCCc1nnc(C)o1. The number of aryl methyl sites for hydroxylation is 1. The number of allylic oxidation sites excluding steroid dienone is 1. The van der Waals surface area contributed by atoms with Crippen molar-refractivity contribution in [1.29, 1.82) is 0 Å². The van der Waals surface area contributed by atoms with Crippen LogP contribution in [0.4, 0.5) is 0 Å². The highest BCUT2D eigenvalue weighted by Gasteiger charge is 2.13. The Labute approximate surface area is 184 Å². The van der Waals surface area contributed by atoms with Gasteiger partial charge in [0.2, 0.25) is 11.8 Å². The van der Waals surface area contributed by atoms with Crippen molar-refractivity contribution in [1.82, 2.24) is 25.8 Å². The molecule has 7 heteroatoms. The zero-order valence-corrected chi connectivity index (χ0v) is 18.8. The van der Waals surface area contributed by atoms with Crippen LogP contribution in [0.3, 0.4) is 0 Å². The van der Waals surface area contributed by atoms with Crippen LogP contribution in [-0.2, 0) is 6.42 Å². The van der Waals surface area contributed by atoms with Crippen molar-refractivity contribution < 1.29 is 9.21 Å². The first-order valence-electron chi connectivity index (χ1n) is 10.3. The molecule has 0 aliphatic heterocycles. The van der Waals surface area contributed by atoms with Crippen LogP contribution in [0.25, 0.3) is 5.70 Å². The van der Waals surface area contributed by atoms with Gasteiger partial charge in [0, 0.05) is 44.1 Å². The normalized spacial score (nSPS) is 12.0. The summed E-state index contributed by atoms with van der Waals surface area (Å²) >= 11 is 0. The van der Waals surface area contributed by atoms with Crippen molar-refractivity contribution in [3.8, 4) is 0 Å². The van der Waals surface area contributed by atoms with Crippen molar-refractivity contribution in [2.75, 3.05) is 20.6 Å². The summed E-state index contributed by atoms with van der Waals surface area (Å²) in [6.07, 6.45) is 3.63. The van der Waals surface area contributed by atoms with E-state index >= 15 is 0 Å². The van der Waals surface area contributed by atoms with Gasteiger partial charge in [0.25, 0.3) is 0 Å². The molecule has 31 heavy (non-hydrogen) atoms. The van der Waals surface area contributed by atoms with E-state index in [1.807, 2.05) is 51.4 Å². The average Bonchev–Trinajstić information content (AvgIpc) is 3.23. The van der Waals surface area contributed by atoms with Crippen LogP contribution < -0.4 is 10.6 Å². The van der Waals surface area contributed by atoms with Gasteiger partial charge in [0.05, 0.1) is 11.4 Å². The number of benzene rings is 1. The molecule has 0 radical (unpaired) electrons. The fourth-order valence-electron chi connectivity index (χ4n) is 3.01. The molecule has 1 unspecified atom stereocenters. The second-order valence-corrected chi connectivity index (χ2v) is 6.98. The first-order chi connectivity index (χ1) is 15.0. The summed E-state index contributed by atoms with van der Waals surface area (Å²) in [6.45, 7) is 6.71. The van der Waals surface area contributed by atoms with E-state index in [4.69, 9.17) is 9.40 Å². The van der Waals surface area contributed by atoms with Crippen LogP contribution in [0.15, 0.2) is 53.0 Å². The molecular formula is C24H31N5O2. The van der Waals surface area contributed by atoms with E-state index in [1.165, 1.54) is 5.56 Å². The van der Waals surface area contributed by atoms with Gasteiger partial charge in [-0.15, -0.1) is 10.2 Å². The summed E-state index contributed by atoms with van der Waals surface area (Å²) in [5, 5.41) is 13.6. The standard InChI is InChI=1S/C18H20N2O.C6H11N3O/c1-4-16(19-3)18-11-14(12-21)10-17(20-18)13(2)15-8-6-5-7-9-15;1-5-8-9-6(10-5)3-4-7-2/h4-13,19H,1-3H3;7H,3-4H2,1-2H3/b16-4-;. The number of pyridine rings is 1. The smallest absolute Gasteiger partial charge is 0.217 e. The van der Waals surface area contributed by atoms with Gasteiger partial charge < -0.3 is 15.1 Å². The summed E-state index contributed by atoms with van der Waals surface area (Å²) in [4.78, 5) is 15.9. The molecule has 0 bridgehead atoms. The highest BCUT2D eigenvalue weighted by Crippen LogP contribution is 2.24. The Morgan fingerprint density at radius 1 is 1.16 bits per heavy atom. The molecule has 2 heterocycles. The molecule has 0 aliphatic rings. The molecule has 0 amide bonds. The summed E-state index contributed by atoms with van der Waals surface area (Å²) in [7, 11) is 3.74. The Morgan fingerprint density at radius 2 is 1.90 bits per heavy atom. The Balaban J connectivity index is 0.000000285. The van der Waals surface area contributed by atoms with Crippen molar-refractivity contribution in [3.05, 3.63) is 82.8 Å². The minimum atomic E-state index is 0.139. The molecule has 1 aromatic carbocycles. The van der Waals surface area contributed by atoms with Crippen molar-refractivity contribution in [2.45, 2.75) is 33.1 Å². The van der Waals surface area contributed by atoms with Gasteiger partial charge >= 0.3 is 0 Å². The second kappa shape index (κ2) is 12.4. The van der Waals surface area contributed by atoms with E-state index in [-0.39, 0.29) is 5.92 Å². The van der Waals surface area contributed by atoms with E-state index in [1.54, 1.807) is 13.0 Å². The lowest BCUT2D eigenvalue weighted by atomic mass is 9.96. The van der Waals surface area contributed by atoms with Gasteiger partial charge in [-0.3, -0.25) is 9.78 Å². The van der Waals surface area contributed by atoms with Crippen molar-refractivity contribution in [3.63, 3.8) is 0 Å². The molecule has 3 aromatic rings. The highest BCUT2D eigenvalue weighted by molar-refractivity contribution is 5.77. The molecule has 2 N–H and O–H groups in total. The molecule has 2 aromatic heterocycles. The monoisotopic (exact) mass is 421 g/mol. The number of hydrogen-bond acceptors (Lipinski definition) is 7. The van der Waals surface area contributed by atoms with Crippen molar-refractivity contribution >= 4 is 12.0 Å². The van der Waals surface area contributed by atoms with Gasteiger partial charge in [-0.05, 0) is 31.7 Å². The number of aldehydes is 1. The second-order valence-electron chi connectivity index (χ2n) is 6.98. The number of nitrogens with zero attached hydrogens (tertiary/aromatic N) is 3. The van der Waals surface area contributed by atoms with E-state index in [0.29, 0.717) is 17.3 Å². The molecule has 0 saturated heterocycles. The molecule has 164 valence electrons. The Morgan fingerprint density at radius 3 is 2.45 bits per heavy atom. The number of hydrogen-bond donors (Lipinski definition) is 2. The highest BCUT2D eigenvalue weighted by atomic mass is 16.4. The van der Waals surface area contributed by atoms with Crippen molar-refractivity contribution in [2.24, 2.45) is 0 Å². The van der Waals surface area contributed by atoms with Crippen LogP contribution in [0.1, 0.15) is 58.9 Å². The molecule has 3 rings (SSSR count). The molecule has 0 aliphatic carbocycles. The fraction of sp³-hybridized carbons (Fsp3) is 0.333. The quantitative estimate of drug-likeness (QED) is 0.535. The molecule has 0 spiro atoms. The predicted octanol–water partition coefficient (Wildman–Crippen LogP) is 3.77. The lowest BCUT2D eigenvalue weighted by Gasteiger charge is -2.15. The Bertz CT molecular complexity index is 983. The van der Waals surface area contributed by atoms with Crippen LogP contribution in [-0.4, -0.2) is 42.1 Å². The minimum Gasteiger partial charge on any atom is -0.426 e. The van der Waals surface area contributed by atoms with E-state index in [0.717, 1.165) is 36.3 Å². The average molecular weight is 422 g/mol. The third-order valence-electron chi connectivity index (χ3n) is 4.74. The van der Waals surface area contributed by atoms with Gasteiger partial charge in [-0.2, -0.15) is 0 Å². The number of nitrogens with one attached hydrogen (secondary N) is 2. The Kier molecular flexibility index (Phi) is 9.58. The number of carbonyl (C=O) groups excluding carboxylic acids is 1. The largest absolute Gasteiger partial charge is 0.426 e. The number of likely N-dealkylation sites (N-methyl/N-ethyl adjacent to an activating group) is 1. The van der Waals surface area contributed by atoms with Gasteiger partial charge in [0.15, 0.2) is 0 Å².